The van der Waals surface area contributed by atoms with Gasteiger partial charge in [-0.2, -0.15) is 0 Å². The summed E-state index contributed by atoms with van der Waals surface area (Å²) in [7, 11) is 0. The number of halogens is 1. The summed E-state index contributed by atoms with van der Waals surface area (Å²) in [5.41, 5.74) is 1.95. The van der Waals surface area contributed by atoms with Crippen LogP contribution in [0.1, 0.15) is 16.5 Å². The first-order valence-corrected chi connectivity index (χ1v) is 7.34. The number of thioether (sulfide) groups is 1. The molecule has 0 saturated carbocycles. The molecule has 2 heterocycles. The smallest absolute Gasteiger partial charge is 0.234 e. The lowest BCUT2D eigenvalue weighted by atomic mass is 10.2. The third-order valence-electron chi connectivity index (χ3n) is 3.20. The lowest BCUT2D eigenvalue weighted by molar-refractivity contribution is -0.128. The van der Waals surface area contributed by atoms with Crippen LogP contribution < -0.4 is 0 Å². The van der Waals surface area contributed by atoms with Gasteiger partial charge in [0, 0.05) is 18.9 Å². The van der Waals surface area contributed by atoms with Gasteiger partial charge in [-0.3, -0.25) is 9.78 Å². The number of hydrogen-bond donors (Lipinski definition) is 0. The van der Waals surface area contributed by atoms with E-state index in [1.807, 2.05) is 17.0 Å². The van der Waals surface area contributed by atoms with Gasteiger partial charge in [-0.1, -0.05) is 18.2 Å². The highest BCUT2D eigenvalue weighted by atomic mass is 32.2. The first-order valence-electron chi connectivity index (χ1n) is 6.29. The topological polar surface area (TPSA) is 33.2 Å². The van der Waals surface area contributed by atoms with Crippen LogP contribution in [0.2, 0.25) is 0 Å². The Bertz CT molecular complexity index is 603. The van der Waals surface area contributed by atoms with E-state index in [4.69, 9.17) is 0 Å². The first kappa shape index (κ1) is 13.1. The van der Waals surface area contributed by atoms with Crippen molar-refractivity contribution in [3.63, 3.8) is 0 Å². The quantitative estimate of drug-likeness (QED) is 0.870. The number of rotatable bonds is 3. The van der Waals surface area contributed by atoms with E-state index < -0.39 is 0 Å². The standard InChI is InChI=1S/C15H13FN2OS/c16-13-5-3-12(4-6-13)15-18(14(19)10-20-15)9-11-2-1-7-17-8-11/h1-8,15H,9-10H2. The fourth-order valence-electron chi connectivity index (χ4n) is 2.22. The van der Waals surface area contributed by atoms with E-state index in [1.165, 1.54) is 12.1 Å². The Balaban J connectivity index is 1.83. The maximum atomic E-state index is 13.0. The van der Waals surface area contributed by atoms with Crippen molar-refractivity contribution in [3.8, 4) is 0 Å². The summed E-state index contributed by atoms with van der Waals surface area (Å²) >= 11 is 1.57. The number of pyridine rings is 1. The van der Waals surface area contributed by atoms with Crippen molar-refractivity contribution in [2.24, 2.45) is 0 Å². The molecule has 1 aromatic carbocycles. The molecule has 0 bridgehead atoms. The molecule has 1 aliphatic heterocycles. The van der Waals surface area contributed by atoms with Gasteiger partial charge in [-0.15, -0.1) is 11.8 Å². The minimum absolute atomic E-state index is 0.0525. The van der Waals surface area contributed by atoms with E-state index in [9.17, 15) is 9.18 Å². The second kappa shape index (κ2) is 5.63. The van der Waals surface area contributed by atoms with Crippen molar-refractivity contribution in [2.75, 3.05) is 5.75 Å². The predicted molar refractivity (Wildman–Crippen MR) is 76.4 cm³/mol. The lowest BCUT2D eigenvalue weighted by Crippen LogP contribution is -2.27. The molecule has 102 valence electrons. The molecular formula is C15H13FN2OS. The summed E-state index contributed by atoms with van der Waals surface area (Å²) in [5, 5.41) is -0.0525. The van der Waals surface area contributed by atoms with Gasteiger partial charge in [0.2, 0.25) is 5.91 Å². The Morgan fingerprint density at radius 1 is 1.30 bits per heavy atom. The average molecular weight is 288 g/mol. The molecule has 3 nitrogen and oxygen atoms in total. The predicted octanol–water partition coefficient (Wildman–Crippen LogP) is 2.99. The Hall–Kier alpha value is -1.88. The molecule has 2 aromatic rings. The normalized spacial score (nSPS) is 18.6. The van der Waals surface area contributed by atoms with Crippen LogP contribution in [0.3, 0.4) is 0 Å². The fourth-order valence-corrected chi connectivity index (χ4v) is 3.40. The number of aromatic nitrogens is 1. The van der Waals surface area contributed by atoms with Gasteiger partial charge in [0.25, 0.3) is 0 Å². The highest BCUT2D eigenvalue weighted by molar-refractivity contribution is 8.00. The maximum Gasteiger partial charge on any atom is 0.234 e. The molecule has 1 fully saturated rings. The Kier molecular flexibility index (Phi) is 3.69. The Morgan fingerprint density at radius 2 is 2.10 bits per heavy atom. The van der Waals surface area contributed by atoms with Crippen molar-refractivity contribution in [1.82, 2.24) is 9.88 Å². The van der Waals surface area contributed by atoms with Gasteiger partial charge in [0.15, 0.2) is 0 Å². The van der Waals surface area contributed by atoms with Gasteiger partial charge in [0.1, 0.15) is 11.2 Å². The number of carbonyl (C=O) groups is 1. The maximum absolute atomic E-state index is 13.0. The monoisotopic (exact) mass is 288 g/mol. The summed E-state index contributed by atoms with van der Waals surface area (Å²) in [6, 6.07) is 10.1. The third kappa shape index (κ3) is 2.67. The van der Waals surface area contributed by atoms with Crippen LogP contribution >= 0.6 is 11.8 Å². The minimum Gasteiger partial charge on any atom is -0.321 e. The zero-order valence-electron chi connectivity index (χ0n) is 10.7. The SMILES string of the molecule is O=C1CSC(c2ccc(F)cc2)N1Cc1cccnc1. The summed E-state index contributed by atoms with van der Waals surface area (Å²) in [4.78, 5) is 17.9. The molecule has 0 spiro atoms. The van der Waals surface area contributed by atoms with Crippen LogP contribution in [0.4, 0.5) is 4.39 Å². The van der Waals surface area contributed by atoms with E-state index in [-0.39, 0.29) is 17.1 Å². The Labute approximate surface area is 120 Å². The molecule has 1 aliphatic rings. The van der Waals surface area contributed by atoms with Gasteiger partial charge < -0.3 is 4.90 Å². The highest BCUT2D eigenvalue weighted by Gasteiger charge is 2.32. The zero-order valence-corrected chi connectivity index (χ0v) is 11.5. The van der Waals surface area contributed by atoms with Crippen molar-refractivity contribution in [2.45, 2.75) is 11.9 Å². The van der Waals surface area contributed by atoms with Crippen LogP contribution in [-0.2, 0) is 11.3 Å². The minimum atomic E-state index is -0.262. The summed E-state index contributed by atoms with van der Waals surface area (Å²) in [6.45, 7) is 0.529. The number of hydrogen-bond acceptors (Lipinski definition) is 3. The number of benzene rings is 1. The van der Waals surface area contributed by atoms with E-state index in [0.717, 1.165) is 11.1 Å². The van der Waals surface area contributed by atoms with Gasteiger partial charge in [0.05, 0.1) is 5.75 Å². The van der Waals surface area contributed by atoms with Crippen LogP contribution in [0.5, 0.6) is 0 Å². The molecule has 1 unspecified atom stereocenters. The zero-order chi connectivity index (χ0) is 13.9. The molecule has 3 rings (SSSR count). The first-order chi connectivity index (χ1) is 9.74. The van der Waals surface area contributed by atoms with Crippen molar-refractivity contribution >= 4 is 17.7 Å². The molecule has 0 aliphatic carbocycles. The van der Waals surface area contributed by atoms with Crippen LogP contribution in [-0.4, -0.2) is 21.5 Å². The summed E-state index contributed by atoms with van der Waals surface area (Å²) in [5.74, 6) is 0.303. The number of carbonyl (C=O) groups excluding carboxylic acids is 1. The van der Waals surface area contributed by atoms with Crippen LogP contribution in [0.25, 0.3) is 0 Å². The van der Waals surface area contributed by atoms with Gasteiger partial charge in [-0.25, -0.2) is 4.39 Å². The van der Waals surface area contributed by atoms with Crippen molar-refractivity contribution < 1.29 is 9.18 Å². The largest absolute Gasteiger partial charge is 0.321 e. The van der Waals surface area contributed by atoms with E-state index >= 15 is 0 Å². The highest BCUT2D eigenvalue weighted by Crippen LogP contribution is 2.39. The van der Waals surface area contributed by atoms with Crippen LogP contribution in [0.15, 0.2) is 48.8 Å². The average Bonchev–Trinajstić information content (AvgIpc) is 2.83. The van der Waals surface area contributed by atoms with Crippen molar-refractivity contribution in [1.29, 1.82) is 0 Å². The summed E-state index contributed by atoms with van der Waals surface area (Å²) < 4.78 is 13.0. The number of amides is 1. The molecule has 5 heteroatoms. The molecule has 1 atom stereocenters. The van der Waals surface area contributed by atoms with E-state index in [1.54, 1.807) is 36.3 Å². The molecule has 1 aromatic heterocycles. The Morgan fingerprint density at radius 3 is 2.80 bits per heavy atom. The van der Waals surface area contributed by atoms with E-state index in [2.05, 4.69) is 4.98 Å². The third-order valence-corrected chi connectivity index (χ3v) is 4.45. The van der Waals surface area contributed by atoms with Gasteiger partial charge >= 0.3 is 0 Å². The molecule has 0 N–H and O–H groups in total. The second-order valence-corrected chi connectivity index (χ2v) is 5.67. The second-order valence-electron chi connectivity index (χ2n) is 4.60. The molecule has 0 radical (unpaired) electrons. The van der Waals surface area contributed by atoms with Crippen LogP contribution in [0, 0.1) is 5.82 Å². The van der Waals surface area contributed by atoms with Gasteiger partial charge in [-0.05, 0) is 29.3 Å². The molecule has 20 heavy (non-hydrogen) atoms. The lowest BCUT2D eigenvalue weighted by Gasteiger charge is -2.24. The molecule has 1 amide bonds. The summed E-state index contributed by atoms with van der Waals surface area (Å²) in [6.07, 6.45) is 3.47. The fraction of sp³-hybridized carbons (Fsp3) is 0.200. The molecule has 1 saturated heterocycles. The molecular weight excluding hydrogens is 275 g/mol. The number of nitrogens with zero attached hydrogens (tertiary/aromatic N) is 2. The van der Waals surface area contributed by atoms with Crippen molar-refractivity contribution in [3.05, 3.63) is 65.7 Å². The van der Waals surface area contributed by atoms with E-state index in [0.29, 0.717) is 12.3 Å².